The first kappa shape index (κ1) is 29.0. The number of carbonyl (C=O) groups excluding carboxylic acids is 1. The second kappa shape index (κ2) is 12.5. The molecular weight excluding hydrogens is 536 g/mol. The number of imidazole rings is 1. The molecule has 0 spiro atoms. The Balaban J connectivity index is 1.54. The van der Waals surface area contributed by atoms with Crippen molar-refractivity contribution < 1.29 is 17.9 Å². The smallest absolute Gasteiger partial charge is 0.407 e. The first-order valence-corrected chi connectivity index (χ1v) is 15.7. The summed E-state index contributed by atoms with van der Waals surface area (Å²) in [5.41, 5.74) is 1.25. The summed E-state index contributed by atoms with van der Waals surface area (Å²) in [5.74, 6) is 0.916. The molecule has 212 valence electrons. The summed E-state index contributed by atoms with van der Waals surface area (Å²) in [4.78, 5) is 22.0. The van der Waals surface area contributed by atoms with Gasteiger partial charge in [-0.2, -0.15) is 0 Å². The standard InChI is InChI=1S/C27H38N6O4S2/c1-6-30-39(35,36)24-15-21(31-26-28-13-14-33(26)17(2)3)11-12-22(24)23-16-29-25(38-23)19-7-9-20(10-8-19)32-27(34)37-18(4)5/h11-20,30H,6-10H2,1-5H3,(H,28,31)(H,32,34). The minimum Gasteiger partial charge on any atom is -0.447 e. The molecule has 4 rings (SSSR count). The molecule has 12 heteroatoms. The summed E-state index contributed by atoms with van der Waals surface area (Å²) in [6, 6.07) is 5.64. The van der Waals surface area contributed by atoms with Gasteiger partial charge in [-0.25, -0.2) is 27.9 Å². The highest BCUT2D eigenvalue weighted by atomic mass is 32.2. The topological polar surface area (TPSA) is 127 Å². The number of thiazole rings is 1. The molecule has 10 nitrogen and oxygen atoms in total. The van der Waals surface area contributed by atoms with Crippen LogP contribution in [-0.2, 0) is 14.8 Å². The molecular formula is C27H38N6O4S2. The number of amides is 1. The second-order valence-corrected chi connectivity index (χ2v) is 13.1. The first-order chi connectivity index (χ1) is 18.6. The molecule has 1 amide bonds. The Morgan fingerprint density at radius 2 is 1.90 bits per heavy atom. The van der Waals surface area contributed by atoms with E-state index in [4.69, 9.17) is 4.74 Å². The maximum Gasteiger partial charge on any atom is 0.407 e. The second-order valence-electron chi connectivity index (χ2n) is 10.3. The molecule has 0 bridgehead atoms. The summed E-state index contributed by atoms with van der Waals surface area (Å²) >= 11 is 1.53. The number of alkyl carbamates (subject to hydrolysis) is 1. The lowest BCUT2D eigenvalue weighted by Gasteiger charge is -2.28. The molecule has 1 saturated carbocycles. The van der Waals surface area contributed by atoms with Gasteiger partial charge in [0, 0.05) is 54.4 Å². The van der Waals surface area contributed by atoms with Crippen LogP contribution in [0.5, 0.6) is 0 Å². The largest absolute Gasteiger partial charge is 0.447 e. The fourth-order valence-electron chi connectivity index (χ4n) is 4.75. The molecule has 1 aromatic carbocycles. The third-order valence-electron chi connectivity index (χ3n) is 6.62. The molecule has 0 saturated heterocycles. The molecule has 2 heterocycles. The third kappa shape index (κ3) is 7.17. The molecule has 2 aromatic heterocycles. The van der Waals surface area contributed by atoms with Crippen molar-refractivity contribution in [3.05, 3.63) is 41.8 Å². The van der Waals surface area contributed by atoms with E-state index < -0.39 is 10.0 Å². The molecule has 1 fully saturated rings. The number of ether oxygens (including phenoxy) is 1. The van der Waals surface area contributed by atoms with Crippen molar-refractivity contribution in [1.29, 1.82) is 0 Å². The molecule has 0 aliphatic heterocycles. The predicted octanol–water partition coefficient (Wildman–Crippen LogP) is 5.79. The number of hydrogen-bond donors (Lipinski definition) is 3. The fraction of sp³-hybridized carbons (Fsp3) is 0.519. The maximum absolute atomic E-state index is 13.2. The molecule has 3 aromatic rings. The van der Waals surface area contributed by atoms with Crippen LogP contribution >= 0.6 is 11.3 Å². The fourth-order valence-corrected chi connectivity index (χ4v) is 7.23. The van der Waals surface area contributed by atoms with E-state index in [0.717, 1.165) is 35.6 Å². The van der Waals surface area contributed by atoms with Crippen LogP contribution in [0.1, 0.15) is 77.3 Å². The number of hydrogen-bond acceptors (Lipinski definition) is 8. The van der Waals surface area contributed by atoms with Crippen LogP contribution in [0.4, 0.5) is 16.4 Å². The van der Waals surface area contributed by atoms with Gasteiger partial charge >= 0.3 is 6.09 Å². The maximum atomic E-state index is 13.2. The Morgan fingerprint density at radius 1 is 1.15 bits per heavy atom. The third-order valence-corrected chi connectivity index (χ3v) is 9.40. The first-order valence-electron chi connectivity index (χ1n) is 13.4. The monoisotopic (exact) mass is 574 g/mol. The number of nitrogens with one attached hydrogen (secondary N) is 3. The Morgan fingerprint density at radius 3 is 2.56 bits per heavy atom. The highest BCUT2D eigenvalue weighted by Crippen LogP contribution is 2.40. The zero-order chi connectivity index (χ0) is 28.2. The quantitative estimate of drug-likeness (QED) is 0.280. The van der Waals surface area contributed by atoms with E-state index in [9.17, 15) is 13.2 Å². The summed E-state index contributed by atoms with van der Waals surface area (Å²) in [7, 11) is -3.75. The van der Waals surface area contributed by atoms with E-state index in [1.807, 2.05) is 36.7 Å². The lowest BCUT2D eigenvalue weighted by molar-refractivity contribution is 0.109. The summed E-state index contributed by atoms with van der Waals surface area (Å²) in [6.07, 6.45) is 8.34. The highest BCUT2D eigenvalue weighted by molar-refractivity contribution is 7.89. The van der Waals surface area contributed by atoms with E-state index in [1.165, 1.54) is 11.3 Å². The summed E-state index contributed by atoms with van der Waals surface area (Å²) in [6.45, 7) is 9.82. The van der Waals surface area contributed by atoms with Crippen LogP contribution in [-0.4, -0.2) is 47.7 Å². The van der Waals surface area contributed by atoms with Gasteiger partial charge < -0.3 is 19.9 Å². The van der Waals surface area contributed by atoms with Crippen LogP contribution in [0.25, 0.3) is 10.4 Å². The molecule has 0 atom stereocenters. The van der Waals surface area contributed by atoms with E-state index >= 15 is 0 Å². The van der Waals surface area contributed by atoms with Crippen molar-refractivity contribution in [2.24, 2.45) is 0 Å². The van der Waals surface area contributed by atoms with Gasteiger partial charge in [0.2, 0.25) is 16.0 Å². The van der Waals surface area contributed by atoms with Gasteiger partial charge in [0.25, 0.3) is 0 Å². The van der Waals surface area contributed by atoms with Gasteiger partial charge in [-0.15, -0.1) is 11.3 Å². The highest BCUT2D eigenvalue weighted by Gasteiger charge is 2.27. The lowest BCUT2D eigenvalue weighted by atomic mass is 9.86. The normalized spacial score (nSPS) is 17.9. The minimum absolute atomic E-state index is 0.0927. The van der Waals surface area contributed by atoms with Crippen molar-refractivity contribution in [1.82, 2.24) is 24.6 Å². The molecule has 0 radical (unpaired) electrons. The Kier molecular flexibility index (Phi) is 9.29. The Labute approximate surface area is 234 Å². The summed E-state index contributed by atoms with van der Waals surface area (Å²) < 4.78 is 36.3. The Bertz CT molecular complexity index is 1370. The predicted molar refractivity (Wildman–Crippen MR) is 154 cm³/mol. The van der Waals surface area contributed by atoms with Crippen molar-refractivity contribution in [2.45, 2.75) is 89.3 Å². The van der Waals surface area contributed by atoms with Crippen LogP contribution in [0.3, 0.4) is 0 Å². The molecule has 3 N–H and O–H groups in total. The lowest BCUT2D eigenvalue weighted by Crippen LogP contribution is -2.38. The zero-order valence-electron chi connectivity index (χ0n) is 23.1. The van der Waals surface area contributed by atoms with E-state index in [2.05, 4.69) is 39.2 Å². The SMILES string of the molecule is CCNS(=O)(=O)c1cc(Nc2nccn2C(C)C)ccc1-c1cnc(C2CCC(NC(=O)OC(C)C)CC2)s1. The Hall–Kier alpha value is -2.96. The van der Waals surface area contributed by atoms with Crippen LogP contribution < -0.4 is 15.4 Å². The van der Waals surface area contributed by atoms with Crippen LogP contribution in [0.15, 0.2) is 41.7 Å². The van der Waals surface area contributed by atoms with E-state index in [1.54, 1.807) is 25.4 Å². The molecule has 1 aliphatic carbocycles. The number of sulfonamides is 1. The van der Waals surface area contributed by atoms with Crippen molar-refractivity contribution >= 4 is 39.1 Å². The van der Waals surface area contributed by atoms with Gasteiger partial charge in [0.1, 0.15) is 0 Å². The summed E-state index contributed by atoms with van der Waals surface area (Å²) in [5, 5.41) is 7.20. The average Bonchev–Trinajstić information content (AvgIpc) is 3.54. The van der Waals surface area contributed by atoms with Crippen LogP contribution in [0.2, 0.25) is 0 Å². The number of rotatable bonds is 10. The zero-order valence-corrected chi connectivity index (χ0v) is 24.7. The van der Waals surface area contributed by atoms with E-state index in [-0.39, 0.29) is 41.6 Å². The average molecular weight is 575 g/mol. The minimum atomic E-state index is -3.75. The van der Waals surface area contributed by atoms with E-state index in [0.29, 0.717) is 17.2 Å². The molecule has 0 unspecified atom stereocenters. The molecule has 1 aliphatic rings. The number of anilines is 2. The van der Waals surface area contributed by atoms with Gasteiger partial charge in [-0.3, -0.25) is 0 Å². The number of carbonyl (C=O) groups is 1. The van der Waals surface area contributed by atoms with Crippen molar-refractivity contribution in [2.75, 3.05) is 11.9 Å². The van der Waals surface area contributed by atoms with Crippen molar-refractivity contribution in [3.8, 4) is 10.4 Å². The van der Waals surface area contributed by atoms with Crippen LogP contribution in [0, 0.1) is 0 Å². The number of aromatic nitrogens is 3. The van der Waals surface area contributed by atoms with Gasteiger partial charge in [0.05, 0.1) is 20.9 Å². The van der Waals surface area contributed by atoms with Crippen molar-refractivity contribution in [3.63, 3.8) is 0 Å². The number of nitrogens with zero attached hydrogens (tertiary/aromatic N) is 3. The van der Waals surface area contributed by atoms with Gasteiger partial charge in [-0.05, 0) is 65.5 Å². The van der Waals surface area contributed by atoms with Gasteiger partial charge in [0.15, 0.2) is 0 Å². The van der Waals surface area contributed by atoms with Gasteiger partial charge in [-0.1, -0.05) is 13.0 Å². The molecule has 39 heavy (non-hydrogen) atoms. The number of benzene rings is 1.